The Morgan fingerprint density at radius 2 is 1.62 bits per heavy atom. The number of ketones is 1. The molecule has 180 valence electrons. The minimum atomic E-state index is -1.40. The maximum Gasteiger partial charge on any atom is 0.408 e. The average molecular weight is 467 g/mol. The molecule has 1 aliphatic carbocycles. The number of nitrogens with one attached hydrogen (secondary N) is 2. The molecule has 1 fully saturated rings. The molecule has 8 heteroatoms. The number of carboxylic acids is 1. The zero-order valence-electron chi connectivity index (χ0n) is 19.5. The number of hydrogen-bond acceptors (Lipinski definition) is 5. The quantitative estimate of drug-likeness (QED) is 0.522. The van der Waals surface area contributed by atoms with Crippen molar-refractivity contribution in [2.45, 2.75) is 63.1 Å². The van der Waals surface area contributed by atoms with E-state index in [9.17, 15) is 24.3 Å². The number of carbonyl (C=O) groups excluding carboxylic acids is 3. The number of benzene rings is 2. The monoisotopic (exact) mass is 466 g/mol. The van der Waals surface area contributed by atoms with Crippen molar-refractivity contribution in [1.82, 2.24) is 10.6 Å². The van der Waals surface area contributed by atoms with Crippen LogP contribution < -0.4 is 10.6 Å². The van der Waals surface area contributed by atoms with Gasteiger partial charge in [-0.2, -0.15) is 0 Å². The van der Waals surface area contributed by atoms with Crippen LogP contribution in [0.2, 0.25) is 0 Å². The Morgan fingerprint density at radius 3 is 2.18 bits per heavy atom. The first-order chi connectivity index (χ1) is 16.0. The topological polar surface area (TPSA) is 122 Å². The maximum atomic E-state index is 13.4. The summed E-state index contributed by atoms with van der Waals surface area (Å²) < 4.78 is 5.17. The first-order valence-electron chi connectivity index (χ1n) is 11.2. The van der Waals surface area contributed by atoms with Gasteiger partial charge in [0, 0.05) is 12.3 Å². The van der Waals surface area contributed by atoms with Crippen molar-refractivity contribution in [2.75, 3.05) is 0 Å². The summed E-state index contributed by atoms with van der Waals surface area (Å²) in [7, 11) is 0. The molecular formula is C26H30N2O6. The van der Waals surface area contributed by atoms with Crippen LogP contribution in [0.4, 0.5) is 4.79 Å². The van der Waals surface area contributed by atoms with Crippen molar-refractivity contribution in [3.8, 4) is 0 Å². The number of amides is 2. The third-order valence-electron chi connectivity index (χ3n) is 5.60. The second-order valence-electron chi connectivity index (χ2n) is 9.51. The zero-order chi connectivity index (χ0) is 24.9. The summed E-state index contributed by atoms with van der Waals surface area (Å²) in [6, 6.07) is 17.2. The molecule has 3 N–H and O–H groups in total. The van der Waals surface area contributed by atoms with Gasteiger partial charge in [0.1, 0.15) is 17.2 Å². The molecule has 0 spiro atoms. The number of hydrogen-bond donors (Lipinski definition) is 3. The van der Waals surface area contributed by atoms with Gasteiger partial charge in [-0.1, -0.05) is 60.7 Å². The molecule has 0 saturated heterocycles. The lowest BCUT2D eigenvalue weighted by molar-refractivity contribution is -0.140. The van der Waals surface area contributed by atoms with Gasteiger partial charge in [-0.15, -0.1) is 0 Å². The molecule has 0 bridgehead atoms. The molecule has 3 atom stereocenters. The van der Waals surface area contributed by atoms with Gasteiger partial charge >= 0.3 is 12.1 Å². The van der Waals surface area contributed by atoms with E-state index in [4.69, 9.17) is 4.74 Å². The number of aliphatic carboxylic acids is 1. The number of carbonyl (C=O) groups is 4. The zero-order valence-corrected chi connectivity index (χ0v) is 19.5. The highest BCUT2D eigenvalue weighted by Crippen LogP contribution is 2.52. The van der Waals surface area contributed by atoms with Crippen LogP contribution in [0.3, 0.4) is 0 Å². The van der Waals surface area contributed by atoms with Crippen LogP contribution >= 0.6 is 0 Å². The molecule has 8 nitrogen and oxygen atoms in total. The summed E-state index contributed by atoms with van der Waals surface area (Å²) in [5.41, 5.74) is -0.288. The fraction of sp³-hybridized carbons (Fsp3) is 0.385. The average Bonchev–Trinajstić information content (AvgIpc) is 3.48. The maximum absolute atomic E-state index is 13.4. The van der Waals surface area contributed by atoms with Crippen LogP contribution in [-0.2, 0) is 25.5 Å². The van der Waals surface area contributed by atoms with E-state index in [0.717, 1.165) is 11.1 Å². The Labute approximate surface area is 198 Å². The lowest BCUT2D eigenvalue weighted by atomic mass is 9.96. The largest absolute Gasteiger partial charge is 0.481 e. The van der Waals surface area contributed by atoms with Crippen LogP contribution in [-0.4, -0.2) is 46.0 Å². The van der Waals surface area contributed by atoms with E-state index in [1.165, 1.54) is 0 Å². The third kappa shape index (κ3) is 6.43. The Kier molecular flexibility index (Phi) is 7.39. The van der Waals surface area contributed by atoms with E-state index < -0.39 is 41.6 Å². The van der Waals surface area contributed by atoms with E-state index in [0.29, 0.717) is 6.42 Å². The third-order valence-corrected chi connectivity index (χ3v) is 5.60. The van der Waals surface area contributed by atoms with Crippen LogP contribution in [0.1, 0.15) is 50.7 Å². The Bertz CT molecular complexity index is 1050. The second-order valence-corrected chi connectivity index (χ2v) is 9.51. The predicted molar refractivity (Wildman–Crippen MR) is 125 cm³/mol. The Morgan fingerprint density at radius 1 is 1.03 bits per heavy atom. The van der Waals surface area contributed by atoms with E-state index in [1.807, 2.05) is 60.7 Å². The van der Waals surface area contributed by atoms with E-state index in [2.05, 4.69) is 10.6 Å². The fourth-order valence-electron chi connectivity index (χ4n) is 3.95. The molecule has 34 heavy (non-hydrogen) atoms. The minimum absolute atomic E-state index is 0.119. The number of ether oxygens (including phenoxy) is 1. The van der Waals surface area contributed by atoms with Crippen LogP contribution in [0, 0.1) is 0 Å². The van der Waals surface area contributed by atoms with Gasteiger partial charge in [0.25, 0.3) is 0 Å². The van der Waals surface area contributed by atoms with Crippen molar-refractivity contribution in [2.24, 2.45) is 0 Å². The van der Waals surface area contributed by atoms with Crippen molar-refractivity contribution in [3.63, 3.8) is 0 Å². The molecule has 0 radical (unpaired) electrons. The van der Waals surface area contributed by atoms with Crippen molar-refractivity contribution in [1.29, 1.82) is 0 Å². The highest BCUT2D eigenvalue weighted by molar-refractivity contribution is 6.00. The first kappa shape index (κ1) is 25.0. The molecule has 2 aromatic carbocycles. The number of carboxylic acid groups (broad SMARTS) is 1. The molecule has 2 aromatic rings. The Balaban J connectivity index is 1.82. The van der Waals surface area contributed by atoms with Gasteiger partial charge in [0.15, 0.2) is 5.78 Å². The highest BCUT2D eigenvalue weighted by Gasteiger charge is 2.61. The van der Waals surface area contributed by atoms with Gasteiger partial charge in [-0.05, 0) is 38.3 Å². The summed E-state index contributed by atoms with van der Waals surface area (Å²) in [6.45, 7) is 4.97. The lowest BCUT2D eigenvalue weighted by Crippen LogP contribution is -2.55. The molecule has 0 heterocycles. The molecule has 0 aliphatic heterocycles. The van der Waals surface area contributed by atoms with Crippen LogP contribution in [0.5, 0.6) is 0 Å². The molecule has 2 amide bonds. The Hall–Kier alpha value is -3.68. The van der Waals surface area contributed by atoms with Gasteiger partial charge < -0.3 is 20.5 Å². The number of Topliss-reactive ketones (excluding diaryl/α,β-unsaturated/α-hetero) is 1. The second kappa shape index (κ2) is 10.1. The summed E-state index contributed by atoms with van der Waals surface area (Å²) >= 11 is 0. The van der Waals surface area contributed by atoms with Gasteiger partial charge in [0.2, 0.25) is 5.91 Å². The lowest BCUT2D eigenvalue weighted by Gasteiger charge is -2.25. The van der Waals surface area contributed by atoms with Crippen molar-refractivity contribution < 1.29 is 29.0 Å². The molecule has 0 aromatic heterocycles. The van der Waals surface area contributed by atoms with Crippen LogP contribution in [0.15, 0.2) is 60.7 Å². The predicted octanol–water partition coefficient (Wildman–Crippen LogP) is 3.21. The fourth-order valence-corrected chi connectivity index (χ4v) is 3.95. The molecule has 1 saturated carbocycles. The van der Waals surface area contributed by atoms with E-state index >= 15 is 0 Å². The SMILES string of the molecule is CC(C)(C)OC(=O)NC(CC(=O)O)C(=O)NC1(C(=O)Cc2ccccc2)CC1c1ccccc1. The van der Waals surface area contributed by atoms with Crippen molar-refractivity contribution in [3.05, 3.63) is 71.8 Å². The smallest absolute Gasteiger partial charge is 0.408 e. The number of alkyl carbamates (subject to hydrolysis) is 1. The molecule has 3 rings (SSSR count). The minimum Gasteiger partial charge on any atom is -0.481 e. The number of rotatable bonds is 9. The summed E-state index contributed by atoms with van der Waals surface area (Å²) in [5.74, 6) is -2.43. The van der Waals surface area contributed by atoms with E-state index in [1.54, 1.807) is 20.8 Å². The van der Waals surface area contributed by atoms with Crippen molar-refractivity contribution >= 4 is 23.8 Å². The summed E-state index contributed by atoms with van der Waals surface area (Å²) in [6.07, 6.45) is -1.05. The first-order valence-corrected chi connectivity index (χ1v) is 11.2. The molecule has 1 aliphatic rings. The van der Waals surface area contributed by atoms with Crippen LogP contribution in [0.25, 0.3) is 0 Å². The molecular weight excluding hydrogens is 436 g/mol. The van der Waals surface area contributed by atoms with Gasteiger partial charge in [-0.3, -0.25) is 14.4 Å². The van der Waals surface area contributed by atoms with Gasteiger partial charge in [0.05, 0.1) is 6.42 Å². The van der Waals surface area contributed by atoms with E-state index in [-0.39, 0.29) is 18.1 Å². The summed E-state index contributed by atoms with van der Waals surface area (Å²) in [4.78, 5) is 50.2. The van der Waals surface area contributed by atoms with Gasteiger partial charge in [-0.25, -0.2) is 4.79 Å². The summed E-state index contributed by atoms with van der Waals surface area (Å²) in [5, 5.41) is 14.4. The molecule has 3 unspecified atom stereocenters. The standard InChI is InChI=1S/C26H30N2O6/c1-25(2,3)34-24(33)27-20(15-22(30)31)23(32)28-26(16-19(26)18-12-8-5-9-13-18)21(29)14-17-10-6-4-7-11-17/h4-13,19-20H,14-16H2,1-3H3,(H,27,33)(H,28,32)(H,30,31). The normalized spacial score (nSPS) is 20.0. The highest BCUT2D eigenvalue weighted by atomic mass is 16.6.